The van der Waals surface area contributed by atoms with E-state index in [1.807, 2.05) is 0 Å². The summed E-state index contributed by atoms with van der Waals surface area (Å²) in [7, 11) is -3.56. The molecule has 1 atom stereocenters. The smallest absolute Gasteiger partial charge is 0.193 e. The predicted octanol–water partition coefficient (Wildman–Crippen LogP) is 5.38. The van der Waals surface area contributed by atoms with Gasteiger partial charge >= 0.3 is 0 Å². The lowest BCUT2D eigenvalue weighted by Gasteiger charge is -2.38. The molecule has 0 rings (SSSR count). The average Bonchev–Trinajstić information content (AvgIpc) is 2.29. The lowest BCUT2D eigenvalue weighted by molar-refractivity contribution is -0.114. The highest BCUT2D eigenvalue weighted by atomic mass is 28.4. The van der Waals surface area contributed by atoms with Crippen LogP contribution in [0.5, 0.6) is 0 Å². The maximum atomic E-state index is 11.3. The van der Waals surface area contributed by atoms with E-state index in [0.29, 0.717) is 0 Å². The molecule has 5 heteroatoms. The van der Waals surface area contributed by atoms with Crippen LogP contribution in [0.25, 0.3) is 0 Å². The minimum Gasteiger partial charge on any atom is -0.417 e. The van der Waals surface area contributed by atoms with Crippen LogP contribution >= 0.6 is 0 Å². The van der Waals surface area contributed by atoms with Gasteiger partial charge in [-0.3, -0.25) is 0 Å². The van der Waals surface area contributed by atoms with Gasteiger partial charge in [0.05, 0.1) is 0 Å². The van der Waals surface area contributed by atoms with Crippen LogP contribution in [0.15, 0.2) is 0 Å². The second-order valence-corrected chi connectivity index (χ2v) is 18.9. The van der Waals surface area contributed by atoms with E-state index in [1.54, 1.807) is 0 Å². The third-order valence-electron chi connectivity index (χ3n) is 5.31. The van der Waals surface area contributed by atoms with Crippen molar-refractivity contribution in [1.82, 2.24) is 0 Å². The minimum absolute atomic E-state index is 0.131. The zero-order valence-corrected chi connectivity index (χ0v) is 18.5. The van der Waals surface area contributed by atoms with Crippen LogP contribution in [0.4, 0.5) is 0 Å². The van der Waals surface area contributed by atoms with Crippen LogP contribution in [0.3, 0.4) is 0 Å². The van der Waals surface area contributed by atoms with Crippen molar-refractivity contribution in [3.8, 4) is 0 Å². The van der Waals surface area contributed by atoms with E-state index in [1.165, 1.54) is 0 Å². The first-order valence-corrected chi connectivity index (χ1v) is 14.2. The zero-order chi connectivity index (χ0) is 17.8. The van der Waals surface area contributed by atoms with Gasteiger partial charge in [0, 0.05) is 6.61 Å². The largest absolute Gasteiger partial charge is 0.417 e. The number of aldehydes is 1. The van der Waals surface area contributed by atoms with Gasteiger partial charge in [-0.15, -0.1) is 0 Å². The molecule has 0 aliphatic rings. The zero-order valence-electron chi connectivity index (χ0n) is 16.5. The van der Waals surface area contributed by atoms with E-state index in [0.717, 1.165) is 25.7 Å². The van der Waals surface area contributed by atoms with Gasteiger partial charge in [-0.1, -0.05) is 41.5 Å². The molecule has 3 nitrogen and oxygen atoms in total. The molecule has 132 valence electrons. The molecule has 0 bridgehead atoms. The summed E-state index contributed by atoms with van der Waals surface area (Å²) >= 11 is 0. The van der Waals surface area contributed by atoms with Crippen molar-refractivity contribution in [2.45, 2.75) is 96.8 Å². The van der Waals surface area contributed by atoms with Crippen LogP contribution in [0, 0.1) is 0 Å². The SMILES string of the molecule is CC(C)(C)[Si](C)(C)OCCCC(C=O)O[Si](C)(C)C(C)(C)C. The van der Waals surface area contributed by atoms with Gasteiger partial charge in [-0.25, -0.2) is 0 Å². The summed E-state index contributed by atoms with van der Waals surface area (Å²) in [6.45, 7) is 22.9. The standard InChI is InChI=1S/C17H38O3Si2/c1-16(2,3)21(7,8)19-13-11-12-15(14-18)20-22(9,10)17(4,5)6/h14-15H,11-13H2,1-10H3. The highest BCUT2D eigenvalue weighted by Gasteiger charge is 2.39. The summed E-state index contributed by atoms with van der Waals surface area (Å²) in [6, 6.07) is 0. The second-order valence-electron chi connectivity index (χ2n) is 9.30. The topological polar surface area (TPSA) is 35.5 Å². The van der Waals surface area contributed by atoms with E-state index in [9.17, 15) is 4.79 Å². The van der Waals surface area contributed by atoms with Crippen molar-refractivity contribution in [2.24, 2.45) is 0 Å². The number of rotatable bonds is 8. The molecule has 0 fully saturated rings. The lowest BCUT2D eigenvalue weighted by atomic mass is 10.2. The van der Waals surface area contributed by atoms with Crippen LogP contribution < -0.4 is 0 Å². The lowest BCUT2D eigenvalue weighted by Crippen LogP contribution is -2.44. The van der Waals surface area contributed by atoms with Gasteiger partial charge in [-0.05, 0) is 49.1 Å². The van der Waals surface area contributed by atoms with Crippen LogP contribution in [-0.2, 0) is 13.6 Å². The monoisotopic (exact) mass is 346 g/mol. The Balaban J connectivity index is 4.37. The first-order valence-electron chi connectivity index (χ1n) is 8.41. The molecule has 0 heterocycles. The van der Waals surface area contributed by atoms with Crippen LogP contribution in [0.2, 0.25) is 36.3 Å². The average molecular weight is 347 g/mol. The Morgan fingerprint density at radius 3 is 1.73 bits per heavy atom. The van der Waals surface area contributed by atoms with E-state index in [4.69, 9.17) is 8.85 Å². The molecule has 0 aliphatic carbocycles. The third kappa shape index (κ3) is 6.64. The summed E-state index contributed by atoms with van der Waals surface area (Å²) in [6.07, 6.45) is 2.31. The molecule has 0 aromatic heterocycles. The first kappa shape index (κ1) is 22.0. The Morgan fingerprint density at radius 1 is 0.909 bits per heavy atom. The van der Waals surface area contributed by atoms with Gasteiger partial charge in [-0.2, -0.15) is 0 Å². The second kappa shape index (κ2) is 7.73. The fourth-order valence-corrected chi connectivity index (χ4v) is 3.91. The van der Waals surface area contributed by atoms with Gasteiger partial charge in [0.15, 0.2) is 16.6 Å². The Bertz CT molecular complexity index is 352. The molecule has 0 saturated heterocycles. The van der Waals surface area contributed by atoms with Gasteiger partial charge in [0.25, 0.3) is 0 Å². The first-order chi connectivity index (χ1) is 9.64. The van der Waals surface area contributed by atoms with Crippen molar-refractivity contribution < 1.29 is 13.6 Å². The quantitative estimate of drug-likeness (QED) is 0.336. The van der Waals surface area contributed by atoms with Crippen molar-refractivity contribution in [3.05, 3.63) is 0 Å². The molecule has 0 aromatic rings. The molecule has 0 aliphatic heterocycles. The molecular weight excluding hydrogens is 308 g/mol. The molecule has 0 radical (unpaired) electrons. The van der Waals surface area contributed by atoms with E-state index >= 15 is 0 Å². The number of carbonyl (C=O) groups is 1. The Kier molecular flexibility index (Phi) is 7.74. The normalized spacial score (nSPS) is 15.7. The molecule has 0 aromatic carbocycles. The van der Waals surface area contributed by atoms with Crippen LogP contribution in [-0.4, -0.2) is 35.6 Å². The fraction of sp³-hybridized carbons (Fsp3) is 0.941. The predicted molar refractivity (Wildman–Crippen MR) is 101 cm³/mol. The molecule has 0 amide bonds. The highest BCUT2D eigenvalue weighted by molar-refractivity contribution is 6.74. The van der Waals surface area contributed by atoms with Gasteiger partial charge < -0.3 is 13.6 Å². The van der Waals surface area contributed by atoms with Crippen molar-refractivity contribution in [1.29, 1.82) is 0 Å². The molecule has 1 unspecified atom stereocenters. The maximum absolute atomic E-state index is 11.3. The Hall–Kier alpha value is 0.0238. The number of hydrogen-bond donors (Lipinski definition) is 0. The van der Waals surface area contributed by atoms with E-state index < -0.39 is 16.6 Å². The summed E-state index contributed by atoms with van der Waals surface area (Å²) in [5.74, 6) is 0. The molecule has 22 heavy (non-hydrogen) atoms. The maximum Gasteiger partial charge on any atom is 0.193 e. The minimum atomic E-state index is -1.88. The van der Waals surface area contributed by atoms with Crippen molar-refractivity contribution >= 4 is 22.9 Å². The van der Waals surface area contributed by atoms with Gasteiger partial charge in [0.1, 0.15) is 12.4 Å². The Labute approximate surface area is 140 Å². The highest BCUT2D eigenvalue weighted by Crippen LogP contribution is 2.38. The van der Waals surface area contributed by atoms with Crippen LogP contribution in [0.1, 0.15) is 54.4 Å². The molecule has 0 N–H and O–H groups in total. The summed E-state index contributed by atoms with van der Waals surface area (Å²) in [5.41, 5.74) is 0. The van der Waals surface area contributed by atoms with Gasteiger partial charge in [0.2, 0.25) is 0 Å². The number of carbonyl (C=O) groups excluding carboxylic acids is 1. The third-order valence-corrected chi connectivity index (χ3v) is 14.3. The fourth-order valence-electron chi connectivity index (χ4n) is 1.54. The summed E-state index contributed by atoms with van der Waals surface area (Å²) in [4.78, 5) is 11.3. The van der Waals surface area contributed by atoms with Crippen molar-refractivity contribution in [3.63, 3.8) is 0 Å². The van der Waals surface area contributed by atoms with E-state index in [-0.39, 0.29) is 16.2 Å². The summed E-state index contributed by atoms with van der Waals surface area (Å²) < 4.78 is 12.3. The van der Waals surface area contributed by atoms with Crippen molar-refractivity contribution in [2.75, 3.05) is 6.61 Å². The molecule has 0 spiro atoms. The summed E-state index contributed by atoms with van der Waals surface area (Å²) in [5, 5.41) is 0.362. The number of hydrogen-bond acceptors (Lipinski definition) is 3. The molecular formula is C17H38O3Si2. The molecule has 0 saturated carbocycles. The Morgan fingerprint density at radius 2 is 1.36 bits per heavy atom. The van der Waals surface area contributed by atoms with E-state index in [2.05, 4.69) is 67.7 Å².